The van der Waals surface area contributed by atoms with E-state index in [0.29, 0.717) is 12.3 Å². The number of aromatic nitrogens is 1. The van der Waals surface area contributed by atoms with Crippen LogP contribution in [-0.4, -0.2) is 22.4 Å². The molecule has 0 fully saturated rings. The molecule has 1 heterocycles. The van der Waals surface area contributed by atoms with E-state index in [9.17, 15) is 22.8 Å². The number of rotatable bonds is 3. The molecule has 1 amide bonds. The molecule has 0 bridgehead atoms. The number of hydrogen-bond acceptors (Lipinski definition) is 2. The maximum Gasteiger partial charge on any atom is 0.417 e. The molecule has 1 aromatic carbocycles. The van der Waals surface area contributed by atoms with Crippen molar-refractivity contribution in [2.75, 3.05) is 7.05 Å². The van der Waals surface area contributed by atoms with Crippen LogP contribution in [0.15, 0.2) is 41.3 Å². The zero-order valence-electron chi connectivity index (χ0n) is 14.6. The number of aryl methyl sites for hydroxylation is 1. The first kappa shape index (κ1) is 19.5. The second kappa shape index (κ2) is 7.38. The molecular formula is C19H18ClF3N2O2. The molecule has 4 nitrogen and oxygen atoms in total. The van der Waals surface area contributed by atoms with Gasteiger partial charge in [0.15, 0.2) is 0 Å². The second-order valence-electron chi connectivity index (χ2n) is 6.62. The van der Waals surface area contributed by atoms with Gasteiger partial charge in [0, 0.05) is 13.2 Å². The fraction of sp³-hybridized carbons (Fsp3) is 0.368. The fourth-order valence-corrected chi connectivity index (χ4v) is 3.66. The molecule has 1 atom stereocenters. The standard InChI is InChI=1S/C19H18ClF3N2O2/c1-24(16-8-4-6-12-5-2-3-7-14(12)16)17(26)11-25-10-13(19(21,22)23)9-15(20)18(25)27/h2-3,5,7,9-10,16H,4,6,8,11H2,1H3/t16-/m1/s1. The van der Waals surface area contributed by atoms with Crippen LogP contribution in [-0.2, 0) is 23.9 Å². The van der Waals surface area contributed by atoms with Crippen LogP contribution in [0, 0.1) is 0 Å². The van der Waals surface area contributed by atoms with Crippen LogP contribution in [0.2, 0.25) is 5.02 Å². The van der Waals surface area contributed by atoms with Gasteiger partial charge in [0.2, 0.25) is 5.91 Å². The Labute approximate surface area is 159 Å². The Bertz CT molecular complexity index is 924. The molecule has 0 unspecified atom stereocenters. The van der Waals surface area contributed by atoms with E-state index in [4.69, 9.17) is 11.6 Å². The molecule has 8 heteroatoms. The summed E-state index contributed by atoms with van der Waals surface area (Å²) >= 11 is 5.65. The van der Waals surface area contributed by atoms with E-state index < -0.39 is 34.8 Å². The van der Waals surface area contributed by atoms with Crippen molar-refractivity contribution in [1.29, 1.82) is 0 Å². The molecule has 0 saturated heterocycles. The van der Waals surface area contributed by atoms with Gasteiger partial charge in [-0.3, -0.25) is 9.59 Å². The van der Waals surface area contributed by atoms with Gasteiger partial charge in [-0.15, -0.1) is 0 Å². The summed E-state index contributed by atoms with van der Waals surface area (Å²) in [5.74, 6) is -0.450. The number of carbonyl (C=O) groups is 1. The summed E-state index contributed by atoms with van der Waals surface area (Å²) in [6.45, 7) is -0.502. The average Bonchev–Trinajstić information content (AvgIpc) is 2.63. The van der Waals surface area contributed by atoms with Crippen molar-refractivity contribution in [3.63, 3.8) is 0 Å². The van der Waals surface area contributed by atoms with E-state index in [-0.39, 0.29) is 6.04 Å². The second-order valence-corrected chi connectivity index (χ2v) is 7.03. The van der Waals surface area contributed by atoms with Crippen LogP contribution in [0.4, 0.5) is 13.2 Å². The zero-order valence-corrected chi connectivity index (χ0v) is 15.3. The highest BCUT2D eigenvalue weighted by Crippen LogP contribution is 2.34. The van der Waals surface area contributed by atoms with Crippen LogP contribution in [0.1, 0.15) is 35.6 Å². The topological polar surface area (TPSA) is 42.3 Å². The number of halogens is 4. The van der Waals surface area contributed by atoms with Gasteiger partial charge >= 0.3 is 6.18 Å². The quantitative estimate of drug-likeness (QED) is 0.782. The molecule has 3 rings (SSSR count). The Morgan fingerprint density at radius 2 is 2.04 bits per heavy atom. The molecule has 0 N–H and O–H groups in total. The molecule has 0 spiro atoms. The van der Waals surface area contributed by atoms with Crippen LogP contribution in [0.25, 0.3) is 0 Å². The number of hydrogen-bond donors (Lipinski definition) is 0. The molecule has 0 saturated carbocycles. The van der Waals surface area contributed by atoms with E-state index >= 15 is 0 Å². The third kappa shape index (κ3) is 4.03. The number of pyridine rings is 1. The summed E-state index contributed by atoms with van der Waals surface area (Å²) in [6.07, 6.45) is -1.42. The lowest BCUT2D eigenvalue weighted by atomic mass is 9.87. The largest absolute Gasteiger partial charge is 0.417 e. The van der Waals surface area contributed by atoms with Crippen molar-refractivity contribution in [2.45, 2.75) is 38.0 Å². The Kier molecular flexibility index (Phi) is 5.33. The van der Waals surface area contributed by atoms with Gasteiger partial charge < -0.3 is 9.47 Å². The minimum absolute atomic E-state index is 0.167. The van der Waals surface area contributed by atoms with Gasteiger partial charge in [0.1, 0.15) is 11.6 Å². The molecule has 144 valence electrons. The summed E-state index contributed by atoms with van der Waals surface area (Å²) in [4.78, 5) is 26.3. The smallest absolute Gasteiger partial charge is 0.337 e. The first-order valence-electron chi connectivity index (χ1n) is 8.49. The highest BCUT2D eigenvalue weighted by Gasteiger charge is 2.33. The zero-order chi connectivity index (χ0) is 19.8. The minimum Gasteiger partial charge on any atom is -0.337 e. The molecule has 1 aliphatic rings. The Morgan fingerprint density at radius 3 is 2.74 bits per heavy atom. The van der Waals surface area contributed by atoms with Crippen molar-refractivity contribution in [3.8, 4) is 0 Å². The highest BCUT2D eigenvalue weighted by molar-refractivity contribution is 6.30. The van der Waals surface area contributed by atoms with E-state index in [1.54, 1.807) is 7.05 Å². The minimum atomic E-state index is -4.66. The summed E-state index contributed by atoms with van der Waals surface area (Å²) in [6, 6.07) is 8.21. The average molecular weight is 399 g/mol. The molecule has 2 aromatic rings. The van der Waals surface area contributed by atoms with Gasteiger partial charge in [0.05, 0.1) is 11.6 Å². The molecule has 0 radical (unpaired) electrons. The predicted octanol–water partition coefficient (Wildman–Crippen LogP) is 4.06. The molecule has 27 heavy (non-hydrogen) atoms. The molecule has 1 aliphatic carbocycles. The lowest BCUT2D eigenvalue weighted by molar-refractivity contribution is -0.139. The summed E-state index contributed by atoms with van der Waals surface area (Å²) in [5, 5.41) is -0.566. The maximum atomic E-state index is 13.0. The number of alkyl halides is 3. The number of amides is 1. The SMILES string of the molecule is CN(C(=O)Cn1cc(C(F)(F)F)cc(Cl)c1=O)[C@@H]1CCCc2ccccc21. The third-order valence-corrected chi connectivity index (χ3v) is 5.14. The van der Waals surface area contributed by atoms with Gasteiger partial charge in [-0.2, -0.15) is 13.2 Å². The van der Waals surface area contributed by atoms with E-state index in [1.807, 2.05) is 24.3 Å². The monoisotopic (exact) mass is 398 g/mol. The van der Waals surface area contributed by atoms with Crippen LogP contribution in [0.3, 0.4) is 0 Å². The van der Waals surface area contributed by atoms with Gasteiger partial charge in [-0.25, -0.2) is 0 Å². The van der Waals surface area contributed by atoms with Crippen molar-refractivity contribution >= 4 is 17.5 Å². The van der Waals surface area contributed by atoms with Crippen molar-refractivity contribution < 1.29 is 18.0 Å². The number of benzene rings is 1. The van der Waals surface area contributed by atoms with Crippen LogP contribution >= 0.6 is 11.6 Å². The van der Waals surface area contributed by atoms with Crippen molar-refractivity contribution in [2.24, 2.45) is 0 Å². The Morgan fingerprint density at radius 1 is 1.33 bits per heavy atom. The number of likely N-dealkylation sites (N-methyl/N-ethyl adjacent to an activating group) is 1. The lowest BCUT2D eigenvalue weighted by Gasteiger charge is -2.33. The first-order valence-corrected chi connectivity index (χ1v) is 8.87. The summed E-state index contributed by atoms with van der Waals surface area (Å²) < 4.78 is 39.6. The van der Waals surface area contributed by atoms with E-state index in [2.05, 4.69) is 0 Å². The Balaban J connectivity index is 1.86. The lowest BCUT2D eigenvalue weighted by Crippen LogP contribution is -2.38. The Hall–Kier alpha value is -2.28. The van der Waals surface area contributed by atoms with E-state index in [1.165, 1.54) is 4.90 Å². The summed E-state index contributed by atoms with van der Waals surface area (Å²) in [7, 11) is 1.61. The third-order valence-electron chi connectivity index (χ3n) is 4.87. The number of fused-ring (bicyclic) bond motifs is 1. The number of nitrogens with zero attached hydrogens (tertiary/aromatic N) is 2. The first-order chi connectivity index (χ1) is 12.7. The van der Waals surface area contributed by atoms with Gasteiger partial charge in [0.25, 0.3) is 5.56 Å². The summed E-state index contributed by atoms with van der Waals surface area (Å²) in [5.41, 5.74) is 0.308. The maximum absolute atomic E-state index is 13.0. The van der Waals surface area contributed by atoms with Crippen molar-refractivity contribution in [3.05, 3.63) is 68.6 Å². The molecule has 0 aliphatic heterocycles. The predicted molar refractivity (Wildman–Crippen MR) is 95.6 cm³/mol. The normalized spacial score (nSPS) is 16.7. The molecular weight excluding hydrogens is 381 g/mol. The molecule has 1 aromatic heterocycles. The highest BCUT2D eigenvalue weighted by atomic mass is 35.5. The van der Waals surface area contributed by atoms with Crippen molar-refractivity contribution in [1.82, 2.24) is 9.47 Å². The van der Waals surface area contributed by atoms with E-state index in [0.717, 1.165) is 35.0 Å². The van der Waals surface area contributed by atoms with Gasteiger partial charge in [-0.1, -0.05) is 35.9 Å². The van der Waals surface area contributed by atoms with Crippen LogP contribution in [0.5, 0.6) is 0 Å². The fourth-order valence-electron chi connectivity index (χ4n) is 3.43. The number of carbonyl (C=O) groups excluding carboxylic acids is 1. The van der Waals surface area contributed by atoms with Crippen LogP contribution < -0.4 is 5.56 Å². The van der Waals surface area contributed by atoms with Gasteiger partial charge in [-0.05, 0) is 36.5 Å².